The Hall–Kier alpha value is -2.78. The minimum absolute atomic E-state index is 0.0152. The van der Waals surface area contributed by atoms with Crippen LogP contribution in [0.2, 0.25) is 0 Å². The summed E-state index contributed by atoms with van der Waals surface area (Å²) in [5, 5.41) is 11.4. The lowest BCUT2D eigenvalue weighted by atomic mass is 10.0. The summed E-state index contributed by atoms with van der Waals surface area (Å²) in [6.07, 6.45) is 42.8. The van der Waals surface area contributed by atoms with E-state index in [0.29, 0.717) is 25.9 Å². The Kier molecular flexibility index (Phi) is 43.8. The van der Waals surface area contributed by atoms with Crippen molar-refractivity contribution in [2.45, 2.75) is 290 Å². The van der Waals surface area contributed by atoms with Crippen molar-refractivity contribution in [2.24, 2.45) is 0 Å². The quantitative estimate of drug-likeness (QED) is 0.0447. The van der Waals surface area contributed by atoms with Gasteiger partial charge in [-0.1, -0.05) is 213 Å². The Morgan fingerprint density at radius 1 is 0.317 bits per heavy atom. The molecule has 0 aromatic rings. The Morgan fingerprint density at radius 2 is 0.540 bits per heavy atom. The highest BCUT2D eigenvalue weighted by Crippen LogP contribution is 2.16. The SMILES string of the molecule is CCCCCCCCCCCCCCCCCC(=O)NC(CC(C)=O)C(=O)NCCCCCCCNC(=O)C(CC(C)=O)NC(=O)CCCCCCCCCCCCCCCCC. The minimum atomic E-state index is -0.847. The summed E-state index contributed by atoms with van der Waals surface area (Å²) < 4.78 is 0. The summed E-state index contributed by atoms with van der Waals surface area (Å²) in [7, 11) is 0. The van der Waals surface area contributed by atoms with E-state index in [0.717, 1.165) is 70.6 Å². The standard InChI is InChI=1S/C53H100N4O6/c1-5-7-9-11-13-15-17-19-21-23-25-27-29-32-36-40-50(60)56-48(44-46(3)58)52(62)54-42-38-34-31-35-39-43-55-53(63)49(45-47(4)59)57-51(61)41-37-33-30-28-26-24-22-20-18-16-14-12-10-8-6-2/h48-49H,5-45H2,1-4H3,(H,54,62)(H,55,63)(H,56,60)(H,57,61). The number of ketones is 2. The number of unbranched alkanes of at least 4 members (excludes halogenated alkanes) is 32. The van der Waals surface area contributed by atoms with Gasteiger partial charge in [0.25, 0.3) is 0 Å². The van der Waals surface area contributed by atoms with Gasteiger partial charge in [-0.15, -0.1) is 0 Å². The summed E-state index contributed by atoms with van der Waals surface area (Å²) in [5.74, 6) is -1.27. The second kappa shape index (κ2) is 45.8. The molecule has 0 saturated heterocycles. The number of Topliss-reactive ketones (excluding diaryl/α,β-unsaturated/α-hetero) is 2. The molecule has 0 bridgehead atoms. The molecule has 0 aliphatic heterocycles. The van der Waals surface area contributed by atoms with Gasteiger partial charge >= 0.3 is 0 Å². The van der Waals surface area contributed by atoms with Crippen LogP contribution < -0.4 is 21.3 Å². The van der Waals surface area contributed by atoms with Crippen LogP contribution in [0.1, 0.15) is 278 Å². The molecule has 0 rings (SSSR count). The fourth-order valence-corrected chi connectivity index (χ4v) is 8.29. The summed E-state index contributed by atoms with van der Waals surface area (Å²) >= 11 is 0. The molecule has 4 amide bonds. The monoisotopic (exact) mass is 889 g/mol. The summed E-state index contributed by atoms with van der Waals surface area (Å²) in [6.45, 7) is 8.32. The van der Waals surface area contributed by atoms with E-state index in [1.54, 1.807) is 0 Å². The first-order chi connectivity index (χ1) is 30.6. The fourth-order valence-electron chi connectivity index (χ4n) is 8.29. The maximum atomic E-state index is 12.9. The van der Waals surface area contributed by atoms with Crippen LogP contribution in [0.4, 0.5) is 0 Å². The van der Waals surface area contributed by atoms with Gasteiger partial charge in [0.15, 0.2) is 0 Å². The van der Waals surface area contributed by atoms with Gasteiger partial charge in [-0.05, 0) is 39.5 Å². The van der Waals surface area contributed by atoms with Crippen LogP contribution >= 0.6 is 0 Å². The molecule has 63 heavy (non-hydrogen) atoms. The molecule has 0 aromatic heterocycles. The van der Waals surface area contributed by atoms with Crippen molar-refractivity contribution in [3.05, 3.63) is 0 Å². The zero-order chi connectivity index (χ0) is 46.4. The van der Waals surface area contributed by atoms with Crippen molar-refractivity contribution < 1.29 is 28.8 Å². The van der Waals surface area contributed by atoms with Crippen LogP contribution in [0.15, 0.2) is 0 Å². The van der Waals surface area contributed by atoms with E-state index < -0.39 is 12.1 Å². The molecule has 10 heteroatoms. The molecule has 2 atom stereocenters. The normalized spacial score (nSPS) is 12.1. The van der Waals surface area contributed by atoms with Gasteiger partial charge < -0.3 is 21.3 Å². The molecule has 0 aromatic carbocycles. The maximum absolute atomic E-state index is 12.9. The third kappa shape index (κ3) is 42.9. The van der Waals surface area contributed by atoms with E-state index >= 15 is 0 Å². The predicted molar refractivity (Wildman–Crippen MR) is 263 cm³/mol. The van der Waals surface area contributed by atoms with E-state index in [9.17, 15) is 28.8 Å². The largest absolute Gasteiger partial charge is 0.354 e. The second-order valence-electron chi connectivity index (χ2n) is 18.8. The van der Waals surface area contributed by atoms with Crippen LogP contribution in [0, 0.1) is 0 Å². The van der Waals surface area contributed by atoms with Gasteiger partial charge in [0.1, 0.15) is 23.7 Å². The van der Waals surface area contributed by atoms with Gasteiger partial charge in [0.2, 0.25) is 23.6 Å². The first kappa shape index (κ1) is 60.2. The summed E-state index contributed by atoms with van der Waals surface area (Å²) in [6, 6.07) is -1.69. The molecule has 0 saturated carbocycles. The summed E-state index contributed by atoms with van der Waals surface area (Å²) in [5.41, 5.74) is 0. The van der Waals surface area contributed by atoms with Crippen LogP contribution in [0.3, 0.4) is 0 Å². The van der Waals surface area contributed by atoms with Crippen molar-refractivity contribution in [3.63, 3.8) is 0 Å². The molecular weight excluding hydrogens is 789 g/mol. The average molecular weight is 889 g/mol. The van der Waals surface area contributed by atoms with E-state index in [4.69, 9.17) is 0 Å². The lowest BCUT2D eigenvalue weighted by Crippen LogP contribution is -2.47. The van der Waals surface area contributed by atoms with Gasteiger partial charge in [0, 0.05) is 38.8 Å². The number of rotatable bonds is 48. The maximum Gasteiger partial charge on any atom is 0.243 e. The molecule has 0 fully saturated rings. The number of carbonyl (C=O) groups excluding carboxylic acids is 6. The van der Waals surface area contributed by atoms with Crippen molar-refractivity contribution in [3.8, 4) is 0 Å². The molecule has 0 aliphatic rings. The van der Waals surface area contributed by atoms with Crippen LogP contribution in [0.25, 0.3) is 0 Å². The molecule has 4 N–H and O–H groups in total. The molecule has 0 spiro atoms. The van der Waals surface area contributed by atoms with E-state index in [1.165, 1.54) is 168 Å². The number of nitrogens with one attached hydrogen (secondary N) is 4. The summed E-state index contributed by atoms with van der Waals surface area (Å²) in [4.78, 5) is 74.7. The number of hydrogen-bond donors (Lipinski definition) is 4. The predicted octanol–water partition coefficient (Wildman–Crippen LogP) is 12.6. The molecule has 368 valence electrons. The van der Waals surface area contributed by atoms with Gasteiger partial charge in [-0.2, -0.15) is 0 Å². The lowest BCUT2D eigenvalue weighted by Gasteiger charge is -2.18. The molecule has 0 aliphatic carbocycles. The highest BCUT2D eigenvalue weighted by atomic mass is 16.2. The Labute approximate surface area is 387 Å². The molecule has 0 radical (unpaired) electrons. The van der Waals surface area contributed by atoms with Crippen molar-refractivity contribution in [1.82, 2.24) is 21.3 Å². The van der Waals surface area contributed by atoms with E-state index in [-0.39, 0.29) is 48.0 Å². The smallest absolute Gasteiger partial charge is 0.243 e. The van der Waals surface area contributed by atoms with Crippen molar-refractivity contribution in [2.75, 3.05) is 13.1 Å². The van der Waals surface area contributed by atoms with E-state index in [2.05, 4.69) is 35.1 Å². The molecular formula is C53H100N4O6. The van der Waals surface area contributed by atoms with Crippen LogP contribution in [0.5, 0.6) is 0 Å². The first-order valence-corrected chi connectivity index (χ1v) is 26.7. The second-order valence-corrected chi connectivity index (χ2v) is 18.8. The highest BCUT2D eigenvalue weighted by molar-refractivity contribution is 5.92. The molecule has 10 nitrogen and oxygen atoms in total. The molecule has 0 heterocycles. The van der Waals surface area contributed by atoms with Gasteiger partial charge in [0.05, 0.1) is 0 Å². The minimum Gasteiger partial charge on any atom is -0.354 e. The van der Waals surface area contributed by atoms with Gasteiger partial charge in [-0.25, -0.2) is 0 Å². The third-order valence-electron chi connectivity index (χ3n) is 12.3. The lowest BCUT2D eigenvalue weighted by molar-refractivity contribution is -0.131. The van der Waals surface area contributed by atoms with Gasteiger partial charge in [-0.3, -0.25) is 28.8 Å². The molecule has 2 unspecified atom stereocenters. The highest BCUT2D eigenvalue weighted by Gasteiger charge is 2.23. The number of carbonyl (C=O) groups is 6. The van der Waals surface area contributed by atoms with Crippen LogP contribution in [-0.4, -0.2) is 60.4 Å². The Balaban J connectivity index is 4.05. The average Bonchev–Trinajstić information content (AvgIpc) is 3.24. The zero-order valence-corrected chi connectivity index (χ0v) is 41.6. The number of amides is 4. The topological polar surface area (TPSA) is 151 Å². The fraction of sp³-hybridized carbons (Fsp3) is 0.887. The zero-order valence-electron chi connectivity index (χ0n) is 41.6. The van der Waals surface area contributed by atoms with Crippen LogP contribution in [-0.2, 0) is 28.8 Å². The number of hydrogen-bond acceptors (Lipinski definition) is 6. The third-order valence-corrected chi connectivity index (χ3v) is 12.3. The van der Waals surface area contributed by atoms with Crippen molar-refractivity contribution in [1.29, 1.82) is 0 Å². The van der Waals surface area contributed by atoms with Crippen molar-refractivity contribution >= 4 is 35.2 Å². The van der Waals surface area contributed by atoms with E-state index in [1.807, 2.05) is 0 Å². The Morgan fingerprint density at radius 3 is 0.778 bits per heavy atom. The first-order valence-electron chi connectivity index (χ1n) is 26.7. The Bertz CT molecular complexity index is 1060.